The molecule has 23 heavy (non-hydrogen) atoms. The van der Waals surface area contributed by atoms with Gasteiger partial charge in [0.1, 0.15) is 6.04 Å². The fourth-order valence-electron chi connectivity index (χ4n) is 2.71. The molecule has 0 aromatic heterocycles. The van der Waals surface area contributed by atoms with Crippen LogP contribution >= 0.6 is 0 Å². The lowest BCUT2D eigenvalue weighted by atomic mass is 10.0. The van der Waals surface area contributed by atoms with E-state index >= 15 is 0 Å². The van der Waals surface area contributed by atoms with Gasteiger partial charge in [-0.05, 0) is 31.2 Å². The highest BCUT2D eigenvalue weighted by Crippen LogP contribution is 2.17. The van der Waals surface area contributed by atoms with Crippen LogP contribution < -0.4 is 5.73 Å². The molecule has 2 N–H and O–H groups in total. The average molecular weight is 318 g/mol. The van der Waals surface area contributed by atoms with Gasteiger partial charge in [-0.1, -0.05) is 30.3 Å². The topological polar surface area (TPSA) is 89.7 Å². The molecule has 6 heteroatoms. The number of amides is 2. The number of piperidine rings is 1. The maximum atomic E-state index is 12.1. The lowest BCUT2D eigenvalue weighted by Gasteiger charge is -2.33. The molecule has 0 saturated carbocycles. The van der Waals surface area contributed by atoms with E-state index in [1.165, 1.54) is 4.90 Å². The van der Waals surface area contributed by atoms with Gasteiger partial charge < -0.3 is 15.4 Å². The molecule has 0 bridgehead atoms. The van der Waals surface area contributed by atoms with Crippen molar-refractivity contribution in [2.75, 3.05) is 13.2 Å². The minimum Gasteiger partial charge on any atom is -0.456 e. The highest BCUT2D eigenvalue weighted by atomic mass is 16.5. The molecule has 1 heterocycles. The number of hydrogen-bond acceptors (Lipinski definition) is 4. The van der Waals surface area contributed by atoms with Gasteiger partial charge in [0.05, 0.1) is 0 Å². The molecule has 2 rings (SSSR count). The smallest absolute Gasteiger partial charge is 0.306 e. The van der Waals surface area contributed by atoms with Crippen molar-refractivity contribution in [3.8, 4) is 0 Å². The molecule has 0 radical (unpaired) electrons. The number of primary amides is 1. The maximum absolute atomic E-state index is 12.1. The van der Waals surface area contributed by atoms with Gasteiger partial charge >= 0.3 is 5.97 Å². The van der Waals surface area contributed by atoms with E-state index in [2.05, 4.69) is 0 Å². The number of carbonyl (C=O) groups excluding carboxylic acids is 3. The zero-order valence-electron chi connectivity index (χ0n) is 13.1. The molecule has 0 spiro atoms. The van der Waals surface area contributed by atoms with Crippen LogP contribution in [0.2, 0.25) is 0 Å². The van der Waals surface area contributed by atoms with E-state index in [1.54, 1.807) is 0 Å². The highest BCUT2D eigenvalue weighted by Gasteiger charge is 2.30. The zero-order valence-corrected chi connectivity index (χ0v) is 13.1. The molecule has 1 atom stereocenters. The van der Waals surface area contributed by atoms with Crippen molar-refractivity contribution in [3.05, 3.63) is 35.9 Å². The molecule has 1 aromatic rings. The van der Waals surface area contributed by atoms with Gasteiger partial charge in [0.25, 0.3) is 5.91 Å². The summed E-state index contributed by atoms with van der Waals surface area (Å²) in [5.41, 5.74) is 6.37. The molecular formula is C17H22N2O4. The number of hydrogen-bond donors (Lipinski definition) is 1. The van der Waals surface area contributed by atoms with Crippen molar-refractivity contribution >= 4 is 17.8 Å². The number of nitrogens with zero attached hydrogens (tertiary/aromatic N) is 1. The van der Waals surface area contributed by atoms with Crippen LogP contribution in [0.1, 0.15) is 31.2 Å². The number of esters is 1. The third-order valence-corrected chi connectivity index (χ3v) is 3.97. The second-order valence-electron chi connectivity index (χ2n) is 5.65. The van der Waals surface area contributed by atoms with E-state index in [0.29, 0.717) is 19.4 Å². The van der Waals surface area contributed by atoms with Crippen molar-refractivity contribution in [1.82, 2.24) is 4.90 Å². The molecule has 0 unspecified atom stereocenters. The lowest BCUT2D eigenvalue weighted by Crippen LogP contribution is -2.51. The molecule has 1 aliphatic heterocycles. The molecule has 2 amide bonds. The number of aryl methyl sites for hydroxylation is 1. The van der Waals surface area contributed by atoms with Crippen molar-refractivity contribution < 1.29 is 19.1 Å². The summed E-state index contributed by atoms with van der Waals surface area (Å²) in [5, 5.41) is 0. The second kappa shape index (κ2) is 8.31. The maximum Gasteiger partial charge on any atom is 0.306 e. The van der Waals surface area contributed by atoms with E-state index in [4.69, 9.17) is 10.5 Å². The van der Waals surface area contributed by atoms with Crippen molar-refractivity contribution in [2.45, 2.75) is 38.1 Å². The Hall–Kier alpha value is -2.37. The summed E-state index contributed by atoms with van der Waals surface area (Å²) in [6.45, 7) is 0.144. The standard InChI is InChI=1S/C17H22N2O4/c18-17(22)14-8-4-5-11-19(14)15(20)12-23-16(21)10-9-13-6-2-1-3-7-13/h1-3,6-7,14H,4-5,8-12H2,(H2,18,22)/t14-/m1/s1. The Morgan fingerprint density at radius 2 is 1.91 bits per heavy atom. The van der Waals surface area contributed by atoms with Gasteiger partial charge in [-0.2, -0.15) is 0 Å². The first kappa shape index (κ1) is 17.0. The Bertz CT molecular complexity index is 559. The third-order valence-electron chi connectivity index (χ3n) is 3.97. The van der Waals surface area contributed by atoms with Crippen LogP contribution in [0.5, 0.6) is 0 Å². The summed E-state index contributed by atoms with van der Waals surface area (Å²) in [6.07, 6.45) is 3.06. The minimum atomic E-state index is -0.584. The fraction of sp³-hybridized carbons (Fsp3) is 0.471. The Morgan fingerprint density at radius 3 is 2.61 bits per heavy atom. The van der Waals surface area contributed by atoms with Crippen molar-refractivity contribution in [1.29, 1.82) is 0 Å². The van der Waals surface area contributed by atoms with Crippen LogP contribution in [0, 0.1) is 0 Å². The zero-order chi connectivity index (χ0) is 16.7. The minimum absolute atomic E-state index is 0.219. The molecule has 124 valence electrons. The summed E-state index contributed by atoms with van der Waals surface area (Å²) in [7, 11) is 0. The summed E-state index contributed by atoms with van der Waals surface area (Å²) in [5.74, 6) is -1.29. The van der Waals surface area contributed by atoms with Gasteiger partial charge in [0, 0.05) is 13.0 Å². The van der Waals surface area contributed by atoms with E-state index in [-0.39, 0.29) is 18.9 Å². The van der Waals surface area contributed by atoms with Crippen LogP contribution in [-0.4, -0.2) is 41.9 Å². The molecule has 1 saturated heterocycles. The molecule has 1 fully saturated rings. The summed E-state index contributed by atoms with van der Waals surface area (Å²) in [6, 6.07) is 9.01. The first-order valence-corrected chi connectivity index (χ1v) is 7.86. The number of rotatable bonds is 6. The Morgan fingerprint density at radius 1 is 1.17 bits per heavy atom. The normalized spacial score (nSPS) is 17.6. The molecule has 0 aliphatic carbocycles. The number of likely N-dealkylation sites (tertiary alicyclic amines) is 1. The second-order valence-corrected chi connectivity index (χ2v) is 5.65. The Balaban J connectivity index is 1.76. The molecule has 6 nitrogen and oxygen atoms in total. The predicted octanol–water partition coefficient (Wildman–Crippen LogP) is 1.03. The predicted molar refractivity (Wildman–Crippen MR) is 84.3 cm³/mol. The number of benzene rings is 1. The van der Waals surface area contributed by atoms with Crippen LogP contribution in [-0.2, 0) is 25.5 Å². The summed E-state index contributed by atoms with van der Waals surface area (Å²) in [4.78, 5) is 36.7. The average Bonchev–Trinajstić information content (AvgIpc) is 2.58. The SMILES string of the molecule is NC(=O)[C@H]1CCCCN1C(=O)COC(=O)CCc1ccccc1. The molecule has 1 aromatic carbocycles. The van der Waals surface area contributed by atoms with E-state index in [1.807, 2.05) is 30.3 Å². The van der Waals surface area contributed by atoms with Crippen molar-refractivity contribution in [2.24, 2.45) is 5.73 Å². The van der Waals surface area contributed by atoms with Crippen molar-refractivity contribution in [3.63, 3.8) is 0 Å². The van der Waals surface area contributed by atoms with Crippen LogP contribution in [0.4, 0.5) is 0 Å². The Kier molecular flexibility index (Phi) is 6.14. The van der Waals surface area contributed by atoms with Gasteiger partial charge in [0.2, 0.25) is 5.91 Å². The van der Waals surface area contributed by atoms with Gasteiger partial charge in [-0.15, -0.1) is 0 Å². The highest BCUT2D eigenvalue weighted by molar-refractivity contribution is 5.88. The first-order valence-electron chi connectivity index (χ1n) is 7.86. The lowest BCUT2D eigenvalue weighted by molar-refractivity contribution is -0.154. The van der Waals surface area contributed by atoms with E-state index in [0.717, 1.165) is 18.4 Å². The Labute approximate surface area is 135 Å². The number of carbonyl (C=O) groups is 3. The quantitative estimate of drug-likeness (QED) is 0.793. The fourth-order valence-corrected chi connectivity index (χ4v) is 2.71. The van der Waals surface area contributed by atoms with Gasteiger partial charge in [-0.25, -0.2) is 0 Å². The van der Waals surface area contributed by atoms with Crippen LogP contribution in [0.3, 0.4) is 0 Å². The third kappa shape index (κ3) is 5.09. The largest absolute Gasteiger partial charge is 0.456 e. The first-order chi connectivity index (χ1) is 11.1. The monoisotopic (exact) mass is 318 g/mol. The molecular weight excluding hydrogens is 296 g/mol. The van der Waals surface area contributed by atoms with Crippen LogP contribution in [0.15, 0.2) is 30.3 Å². The van der Waals surface area contributed by atoms with Gasteiger partial charge in [-0.3, -0.25) is 14.4 Å². The number of ether oxygens (including phenoxy) is 1. The summed E-state index contributed by atoms with van der Waals surface area (Å²) >= 11 is 0. The van der Waals surface area contributed by atoms with E-state index < -0.39 is 17.9 Å². The van der Waals surface area contributed by atoms with Crippen LogP contribution in [0.25, 0.3) is 0 Å². The van der Waals surface area contributed by atoms with Gasteiger partial charge in [0.15, 0.2) is 6.61 Å². The number of nitrogens with two attached hydrogens (primary N) is 1. The van der Waals surface area contributed by atoms with E-state index in [9.17, 15) is 14.4 Å². The summed E-state index contributed by atoms with van der Waals surface area (Å²) < 4.78 is 5.02. The molecule has 1 aliphatic rings.